The van der Waals surface area contributed by atoms with Crippen molar-refractivity contribution >= 4 is 16.9 Å². The quantitative estimate of drug-likeness (QED) is 0.758. The molecule has 1 unspecified atom stereocenters. The number of aromatic nitrogens is 4. The second-order valence-corrected chi connectivity index (χ2v) is 8.42. The van der Waals surface area contributed by atoms with E-state index in [4.69, 9.17) is 0 Å². The molecule has 1 N–H and O–H groups in total. The van der Waals surface area contributed by atoms with Gasteiger partial charge in [-0.2, -0.15) is 5.10 Å². The van der Waals surface area contributed by atoms with E-state index < -0.39 is 0 Å². The topological polar surface area (TPSA) is 83.9 Å². The summed E-state index contributed by atoms with van der Waals surface area (Å²) in [7, 11) is 0. The molecule has 7 nitrogen and oxygen atoms in total. The Bertz CT molecular complexity index is 1080. The van der Waals surface area contributed by atoms with Crippen molar-refractivity contribution in [1.82, 2.24) is 24.6 Å². The summed E-state index contributed by atoms with van der Waals surface area (Å²) in [5.74, 6) is -0.0148. The zero-order valence-electron chi connectivity index (χ0n) is 16.5. The van der Waals surface area contributed by atoms with Gasteiger partial charge in [-0.1, -0.05) is 20.8 Å². The minimum Gasteiger partial charge on any atom is -0.345 e. The number of nitrogens with zero attached hydrogens (tertiary/aromatic N) is 4. The Morgan fingerprint density at radius 3 is 2.86 bits per heavy atom. The SMILES string of the molecule is CC(C)(C)c1ccc(=O)n(CC2CCCN2C(=O)c2ccc3nc[nH]c3c2)n1. The zero-order chi connectivity index (χ0) is 19.9. The molecule has 0 radical (unpaired) electrons. The first-order chi connectivity index (χ1) is 13.3. The van der Waals surface area contributed by atoms with E-state index in [1.807, 2.05) is 23.1 Å². The highest BCUT2D eigenvalue weighted by atomic mass is 16.2. The molecule has 0 bridgehead atoms. The van der Waals surface area contributed by atoms with Crippen LogP contribution in [0.2, 0.25) is 0 Å². The molecule has 1 aliphatic heterocycles. The Hall–Kier alpha value is -2.96. The lowest BCUT2D eigenvalue weighted by Crippen LogP contribution is -2.41. The number of hydrogen-bond donors (Lipinski definition) is 1. The minimum atomic E-state index is -0.139. The molecule has 4 rings (SSSR count). The van der Waals surface area contributed by atoms with E-state index in [1.54, 1.807) is 18.5 Å². The molecule has 7 heteroatoms. The van der Waals surface area contributed by atoms with Crippen LogP contribution in [-0.4, -0.2) is 43.1 Å². The first-order valence-corrected chi connectivity index (χ1v) is 9.66. The number of fused-ring (bicyclic) bond motifs is 1. The fourth-order valence-electron chi connectivity index (χ4n) is 3.71. The van der Waals surface area contributed by atoms with Gasteiger partial charge in [0.1, 0.15) is 0 Å². The Labute approximate surface area is 163 Å². The second-order valence-electron chi connectivity index (χ2n) is 8.42. The molecule has 28 heavy (non-hydrogen) atoms. The summed E-state index contributed by atoms with van der Waals surface area (Å²) in [5, 5.41) is 4.56. The second kappa shape index (κ2) is 6.89. The lowest BCUT2D eigenvalue weighted by Gasteiger charge is -2.26. The van der Waals surface area contributed by atoms with Gasteiger partial charge in [0.05, 0.1) is 35.6 Å². The summed E-state index contributed by atoms with van der Waals surface area (Å²) < 4.78 is 1.51. The molecule has 0 aliphatic carbocycles. The molecule has 1 amide bonds. The predicted molar refractivity (Wildman–Crippen MR) is 107 cm³/mol. The molecule has 1 aliphatic rings. The normalized spacial score (nSPS) is 17.4. The van der Waals surface area contributed by atoms with Crippen molar-refractivity contribution in [3.05, 3.63) is 58.3 Å². The molecule has 0 spiro atoms. The van der Waals surface area contributed by atoms with E-state index in [9.17, 15) is 9.59 Å². The molecule has 3 aromatic rings. The van der Waals surface area contributed by atoms with Crippen molar-refractivity contribution in [3.63, 3.8) is 0 Å². The van der Waals surface area contributed by atoms with E-state index in [-0.39, 0.29) is 22.9 Å². The van der Waals surface area contributed by atoms with Crippen molar-refractivity contribution in [3.8, 4) is 0 Å². The van der Waals surface area contributed by atoms with Crippen molar-refractivity contribution in [2.24, 2.45) is 0 Å². The van der Waals surface area contributed by atoms with Crippen LogP contribution in [0.15, 0.2) is 41.5 Å². The third-order valence-corrected chi connectivity index (χ3v) is 5.32. The van der Waals surface area contributed by atoms with Gasteiger partial charge in [0.15, 0.2) is 0 Å². The number of benzene rings is 1. The number of amides is 1. The fourth-order valence-corrected chi connectivity index (χ4v) is 3.71. The number of imidazole rings is 1. The molecule has 1 atom stereocenters. The van der Waals surface area contributed by atoms with Crippen LogP contribution < -0.4 is 5.56 Å². The van der Waals surface area contributed by atoms with E-state index in [1.165, 1.54) is 4.68 Å². The lowest BCUT2D eigenvalue weighted by molar-refractivity contribution is 0.0720. The molecular weight excluding hydrogens is 354 g/mol. The van der Waals surface area contributed by atoms with Crippen LogP contribution in [0.3, 0.4) is 0 Å². The summed E-state index contributed by atoms with van der Waals surface area (Å²) in [4.78, 5) is 34.6. The third kappa shape index (κ3) is 3.44. The number of nitrogens with one attached hydrogen (secondary N) is 1. The average molecular weight is 379 g/mol. The van der Waals surface area contributed by atoms with Crippen molar-refractivity contribution in [1.29, 1.82) is 0 Å². The van der Waals surface area contributed by atoms with Gasteiger partial charge in [0.25, 0.3) is 11.5 Å². The highest BCUT2D eigenvalue weighted by Crippen LogP contribution is 2.23. The maximum absolute atomic E-state index is 13.1. The third-order valence-electron chi connectivity index (χ3n) is 5.32. The number of carbonyl (C=O) groups excluding carboxylic acids is 1. The van der Waals surface area contributed by atoms with Crippen molar-refractivity contribution < 1.29 is 4.79 Å². The van der Waals surface area contributed by atoms with Crippen molar-refractivity contribution in [2.45, 2.75) is 51.6 Å². The number of hydrogen-bond acceptors (Lipinski definition) is 4. The van der Waals surface area contributed by atoms with Gasteiger partial charge in [-0.15, -0.1) is 0 Å². The summed E-state index contributed by atoms with van der Waals surface area (Å²) in [6, 6.07) is 8.82. The Morgan fingerprint density at radius 1 is 1.25 bits per heavy atom. The number of aromatic amines is 1. The van der Waals surface area contributed by atoms with Crippen LogP contribution in [0.1, 0.15) is 49.7 Å². The molecule has 1 fully saturated rings. The van der Waals surface area contributed by atoms with Gasteiger partial charge in [-0.25, -0.2) is 9.67 Å². The van der Waals surface area contributed by atoms with Gasteiger partial charge in [0.2, 0.25) is 0 Å². The molecule has 1 aromatic carbocycles. The average Bonchev–Trinajstić information content (AvgIpc) is 3.30. The van der Waals surface area contributed by atoms with Crippen LogP contribution in [0.25, 0.3) is 11.0 Å². The monoisotopic (exact) mass is 379 g/mol. The van der Waals surface area contributed by atoms with Crippen molar-refractivity contribution in [2.75, 3.05) is 6.54 Å². The van der Waals surface area contributed by atoms with Gasteiger partial charge in [-0.3, -0.25) is 9.59 Å². The van der Waals surface area contributed by atoms with Gasteiger partial charge in [-0.05, 0) is 37.1 Å². The number of H-pyrrole nitrogens is 1. The van der Waals surface area contributed by atoms with Crippen LogP contribution in [0.5, 0.6) is 0 Å². The summed E-state index contributed by atoms with van der Waals surface area (Å²) in [6.07, 6.45) is 3.42. The highest BCUT2D eigenvalue weighted by molar-refractivity contribution is 5.97. The largest absolute Gasteiger partial charge is 0.345 e. The predicted octanol–water partition coefficient (Wildman–Crippen LogP) is 2.72. The summed E-state index contributed by atoms with van der Waals surface area (Å²) in [5.41, 5.74) is 2.91. The Kier molecular flexibility index (Phi) is 4.53. The first-order valence-electron chi connectivity index (χ1n) is 9.66. The maximum atomic E-state index is 13.1. The van der Waals surface area contributed by atoms with Crippen LogP contribution >= 0.6 is 0 Å². The van der Waals surface area contributed by atoms with Crippen LogP contribution in [0, 0.1) is 0 Å². The molecule has 146 valence electrons. The van der Waals surface area contributed by atoms with E-state index >= 15 is 0 Å². The summed E-state index contributed by atoms with van der Waals surface area (Å²) in [6.45, 7) is 7.32. The zero-order valence-corrected chi connectivity index (χ0v) is 16.5. The fraction of sp³-hybridized carbons (Fsp3) is 0.429. The first kappa shape index (κ1) is 18.4. The lowest BCUT2D eigenvalue weighted by atomic mass is 9.92. The number of likely N-dealkylation sites (tertiary alicyclic amines) is 1. The molecular formula is C21H25N5O2. The van der Waals surface area contributed by atoms with Gasteiger partial charge < -0.3 is 9.88 Å². The van der Waals surface area contributed by atoms with Gasteiger partial charge >= 0.3 is 0 Å². The minimum absolute atomic E-state index is 0.0148. The van der Waals surface area contributed by atoms with E-state index in [0.29, 0.717) is 18.7 Å². The standard InChI is InChI=1S/C21H25N5O2/c1-21(2,3)18-8-9-19(27)26(24-18)12-15-5-4-10-25(15)20(28)14-6-7-16-17(11-14)23-13-22-16/h6-9,11,13,15H,4-5,10,12H2,1-3H3,(H,22,23). The highest BCUT2D eigenvalue weighted by Gasteiger charge is 2.30. The van der Waals surface area contributed by atoms with Crippen LogP contribution in [0.4, 0.5) is 0 Å². The summed E-state index contributed by atoms with van der Waals surface area (Å²) >= 11 is 0. The molecule has 2 aromatic heterocycles. The molecule has 0 saturated carbocycles. The number of carbonyl (C=O) groups is 1. The van der Waals surface area contributed by atoms with E-state index in [0.717, 1.165) is 29.6 Å². The van der Waals surface area contributed by atoms with Gasteiger partial charge in [0, 0.05) is 23.6 Å². The van der Waals surface area contributed by atoms with Crippen LogP contribution in [-0.2, 0) is 12.0 Å². The smallest absolute Gasteiger partial charge is 0.266 e. The number of rotatable bonds is 3. The van der Waals surface area contributed by atoms with E-state index in [2.05, 4.69) is 35.8 Å². The Morgan fingerprint density at radius 2 is 2.07 bits per heavy atom. The molecule has 1 saturated heterocycles. The Balaban J connectivity index is 1.58. The maximum Gasteiger partial charge on any atom is 0.266 e. The molecule has 3 heterocycles.